The van der Waals surface area contributed by atoms with Crippen LogP contribution in [0.1, 0.15) is 19.4 Å². The van der Waals surface area contributed by atoms with Gasteiger partial charge in [0.05, 0.1) is 6.26 Å². The van der Waals surface area contributed by atoms with Crippen LogP contribution in [-0.2, 0) is 5.54 Å². The molecule has 0 aliphatic rings. The van der Waals surface area contributed by atoms with Crippen molar-refractivity contribution < 1.29 is 13.2 Å². The molecule has 1 aromatic heterocycles. The summed E-state index contributed by atoms with van der Waals surface area (Å²) < 4.78 is 31.8. The largest absolute Gasteiger partial charge is 0.461 e. The first-order chi connectivity index (χ1) is 6.91. The molecule has 0 unspecified atom stereocenters. The molecule has 15 heavy (non-hydrogen) atoms. The fourth-order valence-electron chi connectivity index (χ4n) is 1.72. The van der Waals surface area contributed by atoms with Crippen molar-refractivity contribution in [1.82, 2.24) is 0 Å². The van der Waals surface area contributed by atoms with Crippen LogP contribution in [0.4, 0.5) is 8.78 Å². The van der Waals surface area contributed by atoms with E-state index in [9.17, 15) is 8.78 Å². The first-order valence-corrected chi connectivity index (χ1v) is 4.56. The smallest absolute Gasteiger partial charge is 0.170 e. The molecule has 0 saturated heterocycles. The Balaban J connectivity index is 2.89. The molecule has 0 fully saturated rings. The van der Waals surface area contributed by atoms with E-state index in [1.807, 2.05) is 0 Å². The van der Waals surface area contributed by atoms with Crippen LogP contribution in [0.15, 0.2) is 22.8 Å². The monoisotopic (exact) mass is 211 g/mol. The second-order valence-corrected chi connectivity index (χ2v) is 4.10. The summed E-state index contributed by atoms with van der Waals surface area (Å²) >= 11 is 0. The molecule has 80 valence electrons. The van der Waals surface area contributed by atoms with Crippen molar-refractivity contribution in [3.05, 3.63) is 35.6 Å². The number of hydrogen-bond acceptors (Lipinski definition) is 2. The van der Waals surface area contributed by atoms with Crippen LogP contribution in [0.2, 0.25) is 0 Å². The summed E-state index contributed by atoms with van der Waals surface area (Å²) in [6.07, 6.45) is 1.32. The molecule has 1 aromatic carbocycles. The number of halogens is 2. The SMILES string of the molecule is CC(C)(N)c1c(F)cc(F)c2occc12. The van der Waals surface area contributed by atoms with Gasteiger partial charge in [-0.2, -0.15) is 0 Å². The van der Waals surface area contributed by atoms with Crippen molar-refractivity contribution in [3.8, 4) is 0 Å². The van der Waals surface area contributed by atoms with Crippen LogP contribution in [0.5, 0.6) is 0 Å². The van der Waals surface area contributed by atoms with E-state index in [0.717, 1.165) is 6.07 Å². The molecular weight excluding hydrogens is 200 g/mol. The first kappa shape index (κ1) is 10.1. The Morgan fingerprint density at radius 2 is 1.93 bits per heavy atom. The second-order valence-electron chi connectivity index (χ2n) is 4.10. The van der Waals surface area contributed by atoms with E-state index in [1.54, 1.807) is 13.8 Å². The van der Waals surface area contributed by atoms with Gasteiger partial charge in [-0.3, -0.25) is 0 Å². The van der Waals surface area contributed by atoms with Crippen LogP contribution in [0.3, 0.4) is 0 Å². The van der Waals surface area contributed by atoms with Crippen molar-refractivity contribution in [3.63, 3.8) is 0 Å². The third kappa shape index (κ3) is 1.51. The summed E-state index contributed by atoms with van der Waals surface area (Å²) in [5.41, 5.74) is 5.27. The van der Waals surface area contributed by atoms with Crippen LogP contribution in [-0.4, -0.2) is 0 Å². The molecule has 2 rings (SSSR count). The van der Waals surface area contributed by atoms with Gasteiger partial charge in [0.2, 0.25) is 0 Å². The highest BCUT2D eigenvalue weighted by atomic mass is 19.1. The zero-order valence-corrected chi connectivity index (χ0v) is 8.47. The fraction of sp³-hybridized carbons (Fsp3) is 0.273. The standard InChI is InChI=1S/C11H11F2NO/c1-11(2,14)9-6-3-4-15-10(6)8(13)5-7(9)12/h3-5H,14H2,1-2H3. The Hall–Kier alpha value is -1.42. The number of nitrogens with two attached hydrogens (primary N) is 1. The van der Waals surface area contributed by atoms with E-state index in [4.69, 9.17) is 10.2 Å². The van der Waals surface area contributed by atoms with E-state index in [2.05, 4.69) is 0 Å². The molecular formula is C11H11F2NO. The first-order valence-electron chi connectivity index (χ1n) is 4.56. The molecule has 0 aliphatic heterocycles. The van der Waals surface area contributed by atoms with Crippen LogP contribution in [0, 0.1) is 11.6 Å². The minimum Gasteiger partial charge on any atom is -0.461 e. The Bertz CT molecular complexity index is 511. The molecule has 0 bridgehead atoms. The predicted octanol–water partition coefficient (Wildman–Crippen LogP) is 2.90. The third-order valence-corrected chi connectivity index (χ3v) is 2.29. The quantitative estimate of drug-likeness (QED) is 0.787. The average Bonchev–Trinajstić information content (AvgIpc) is 2.49. The maximum absolute atomic E-state index is 13.6. The van der Waals surface area contributed by atoms with Crippen LogP contribution < -0.4 is 5.73 Å². The molecule has 0 saturated carbocycles. The van der Waals surface area contributed by atoms with Gasteiger partial charge in [-0.05, 0) is 19.9 Å². The van der Waals surface area contributed by atoms with Crippen molar-refractivity contribution in [2.24, 2.45) is 5.73 Å². The summed E-state index contributed by atoms with van der Waals surface area (Å²) in [5, 5.41) is 0.389. The lowest BCUT2D eigenvalue weighted by Gasteiger charge is -2.20. The Morgan fingerprint density at radius 3 is 2.53 bits per heavy atom. The van der Waals surface area contributed by atoms with Gasteiger partial charge in [0, 0.05) is 22.6 Å². The molecule has 2 nitrogen and oxygen atoms in total. The van der Waals surface area contributed by atoms with E-state index >= 15 is 0 Å². The van der Waals surface area contributed by atoms with E-state index in [0.29, 0.717) is 5.39 Å². The molecule has 0 amide bonds. The lowest BCUT2D eigenvalue weighted by molar-refractivity contribution is 0.494. The summed E-state index contributed by atoms with van der Waals surface area (Å²) in [4.78, 5) is 0. The molecule has 2 N–H and O–H groups in total. The van der Waals surface area contributed by atoms with Gasteiger partial charge in [-0.25, -0.2) is 8.78 Å². The third-order valence-electron chi connectivity index (χ3n) is 2.29. The zero-order valence-electron chi connectivity index (χ0n) is 8.47. The second kappa shape index (κ2) is 3.03. The summed E-state index contributed by atoms with van der Waals surface area (Å²) in [5.74, 6) is -1.35. The Labute approximate surface area is 85.7 Å². The Kier molecular flexibility index (Phi) is 2.04. The minimum absolute atomic E-state index is 0.0462. The number of hydrogen-bond donors (Lipinski definition) is 1. The average molecular weight is 211 g/mol. The topological polar surface area (TPSA) is 39.2 Å². The highest BCUT2D eigenvalue weighted by molar-refractivity contribution is 5.82. The van der Waals surface area contributed by atoms with Gasteiger partial charge < -0.3 is 10.2 Å². The van der Waals surface area contributed by atoms with Crippen molar-refractivity contribution in [2.45, 2.75) is 19.4 Å². The Morgan fingerprint density at radius 1 is 1.27 bits per heavy atom. The van der Waals surface area contributed by atoms with Crippen LogP contribution >= 0.6 is 0 Å². The lowest BCUT2D eigenvalue weighted by Crippen LogP contribution is -2.30. The molecule has 2 aromatic rings. The maximum Gasteiger partial charge on any atom is 0.170 e. The molecule has 0 aliphatic carbocycles. The fourth-order valence-corrected chi connectivity index (χ4v) is 1.72. The highest BCUT2D eigenvalue weighted by Crippen LogP contribution is 2.31. The van der Waals surface area contributed by atoms with Gasteiger partial charge >= 0.3 is 0 Å². The van der Waals surface area contributed by atoms with E-state index in [-0.39, 0.29) is 11.1 Å². The van der Waals surface area contributed by atoms with E-state index in [1.165, 1.54) is 12.3 Å². The minimum atomic E-state index is -0.875. The number of fused-ring (bicyclic) bond motifs is 1. The summed E-state index contributed by atoms with van der Waals surface area (Å²) in [6, 6.07) is 2.32. The van der Waals surface area contributed by atoms with Gasteiger partial charge in [0.1, 0.15) is 5.82 Å². The van der Waals surface area contributed by atoms with Crippen molar-refractivity contribution >= 4 is 11.0 Å². The summed E-state index contributed by atoms with van der Waals surface area (Å²) in [6.45, 7) is 3.32. The van der Waals surface area contributed by atoms with Gasteiger partial charge in [0.15, 0.2) is 11.4 Å². The summed E-state index contributed by atoms with van der Waals surface area (Å²) in [7, 11) is 0. The van der Waals surface area contributed by atoms with Gasteiger partial charge in [-0.15, -0.1) is 0 Å². The lowest BCUT2D eigenvalue weighted by atomic mass is 9.92. The molecule has 4 heteroatoms. The number of benzene rings is 1. The van der Waals surface area contributed by atoms with E-state index < -0.39 is 17.2 Å². The van der Waals surface area contributed by atoms with Crippen molar-refractivity contribution in [1.29, 1.82) is 0 Å². The number of furan rings is 1. The van der Waals surface area contributed by atoms with Gasteiger partial charge in [0.25, 0.3) is 0 Å². The molecule has 0 radical (unpaired) electrons. The highest BCUT2D eigenvalue weighted by Gasteiger charge is 2.24. The normalized spacial score (nSPS) is 12.3. The number of rotatable bonds is 1. The maximum atomic E-state index is 13.6. The zero-order chi connectivity index (χ0) is 11.2. The van der Waals surface area contributed by atoms with Crippen LogP contribution in [0.25, 0.3) is 11.0 Å². The van der Waals surface area contributed by atoms with Crippen molar-refractivity contribution in [2.75, 3.05) is 0 Å². The molecule has 0 atom stereocenters. The molecule has 0 spiro atoms. The van der Waals surface area contributed by atoms with Gasteiger partial charge in [-0.1, -0.05) is 0 Å². The molecule has 1 heterocycles. The predicted molar refractivity (Wildman–Crippen MR) is 53.3 cm³/mol.